The number of benzene rings is 1. The highest BCUT2D eigenvalue weighted by atomic mass is 32.1. The summed E-state index contributed by atoms with van der Waals surface area (Å²) in [6.07, 6.45) is 2.46. The summed E-state index contributed by atoms with van der Waals surface area (Å²) in [6.45, 7) is 4.64. The minimum atomic E-state index is 0.164. The standard InChI is InChI=1S/C20H27N3OS/c1-15-7-9-16(10-8-15)19-17(5-3-11-24-19)13-22-20(21-2)23-14-18-6-4-12-25-18/h4,6-10,12,17,19H,3,5,11,13-14H2,1-2H3,(H2,21,22,23). The molecule has 0 spiro atoms. The Morgan fingerprint density at radius 2 is 2.08 bits per heavy atom. The predicted octanol–water partition coefficient (Wildman–Crippen LogP) is 3.89. The molecule has 1 aliphatic heterocycles. The molecule has 1 aromatic heterocycles. The number of hydrogen-bond acceptors (Lipinski definition) is 3. The molecule has 134 valence electrons. The Balaban J connectivity index is 1.56. The highest BCUT2D eigenvalue weighted by Gasteiger charge is 2.27. The van der Waals surface area contributed by atoms with Gasteiger partial charge in [-0.05, 0) is 36.8 Å². The number of nitrogens with zero attached hydrogens (tertiary/aromatic N) is 1. The second kappa shape index (κ2) is 9.02. The molecule has 1 fully saturated rings. The molecule has 2 heterocycles. The lowest BCUT2D eigenvalue weighted by Crippen LogP contribution is -2.41. The molecule has 2 N–H and O–H groups in total. The fourth-order valence-corrected chi connectivity index (χ4v) is 3.85. The van der Waals surface area contributed by atoms with Gasteiger partial charge in [-0.25, -0.2) is 0 Å². The van der Waals surface area contributed by atoms with Crippen LogP contribution in [0.3, 0.4) is 0 Å². The third kappa shape index (κ3) is 5.06. The Morgan fingerprint density at radius 3 is 2.80 bits per heavy atom. The van der Waals surface area contributed by atoms with Crippen LogP contribution < -0.4 is 10.6 Å². The van der Waals surface area contributed by atoms with Gasteiger partial charge in [0.15, 0.2) is 5.96 Å². The van der Waals surface area contributed by atoms with Crippen LogP contribution >= 0.6 is 11.3 Å². The summed E-state index contributed by atoms with van der Waals surface area (Å²) in [6, 6.07) is 12.9. The summed E-state index contributed by atoms with van der Waals surface area (Å²) >= 11 is 1.76. The number of ether oxygens (including phenoxy) is 1. The Bertz CT molecular complexity index is 667. The van der Waals surface area contributed by atoms with E-state index in [0.717, 1.165) is 32.1 Å². The van der Waals surface area contributed by atoms with E-state index in [0.29, 0.717) is 5.92 Å². The third-order valence-corrected chi connectivity index (χ3v) is 5.49. The first-order valence-corrected chi connectivity index (χ1v) is 9.79. The zero-order chi connectivity index (χ0) is 17.5. The molecule has 0 radical (unpaired) electrons. The highest BCUT2D eigenvalue weighted by molar-refractivity contribution is 7.09. The van der Waals surface area contributed by atoms with Crippen LogP contribution in [0.5, 0.6) is 0 Å². The molecule has 2 aromatic rings. The third-order valence-electron chi connectivity index (χ3n) is 4.62. The molecule has 1 aromatic carbocycles. The first kappa shape index (κ1) is 18.0. The van der Waals surface area contributed by atoms with Crippen molar-refractivity contribution in [1.29, 1.82) is 0 Å². The van der Waals surface area contributed by atoms with Gasteiger partial charge in [0.25, 0.3) is 0 Å². The van der Waals surface area contributed by atoms with Crippen LogP contribution in [0.15, 0.2) is 46.8 Å². The number of nitrogens with one attached hydrogen (secondary N) is 2. The predicted molar refractivity (Wildman–Crippen MR) is 105 cm³/mol. The van der Waals surface area contributed by atoms with Crippen molar-refractivity contribution in [2.24, 2.45) is 10.9 Å². The van der Waals surface area contributed by atoms with Crippen LogP contribution in [-0.2, 0) is 11.3 Å². The second-order valence-electron chi connectivity index (χ2n) is 6.49. The lowest BCUT2D eigenvalue weighted by atomic mass is 9.89. The van der Waals surface area contributed by atoms with Gasteiger partial charge >= 0.3 is 0 Å². The van der Waals surface area contributed by atoms with E-state index in [1.165, 1.54) is 22.4 Å². The minimum Gasteiger partial charge on any atom is -0.373 e. The Kier molecular flexibility index (Phi) is 6.48. The topological polar surface area (TPSA) is 45.7 Å². The number of rotatable bonds is 5. The van der Waals surface area contributed by atoms with Crippen molar-refractivity contribution in [3.63, 3.8) is 0 Å². The number of aryl methyl sites for hydroxylation is 1. The van der Waals surface area contributed by atoms with Gasteiger partial charge in [-0.15, -0.1) is 11.3 Å². The summed E-state index contributed by atoms with van der Waals surface area (Å²) in [5, 5.41) is 8.95. The van der Waals surface area contributed by atoms with Crippen LogP contribution in [0.2, 0.25) is 0 Å². The molecule has 0 bridgehead atoms. The zero-order valence-corrected chi connectivity index (χ0v) is 15.8. The van der Waals surface area contributed by atoms with Gasteiger partial charge in [-0.2, -0.15) is 0 Å². The quantitative estimate of drug-likeness (QED) is 0.630. The van der Waals surface area contributed by atoms with Gasteiger partial charge in [0.05, 0.1) is 12.6 Å². The van der Waals surface area contributed by atoms with Crippen molar-refractivity contribution in [1.82, 2.24) is 10.6 Å². The fraction of sp³-hybridized carbons (Fsp3) is 0.450. The van der Waals surface area contributed by atoms with Gasteiger partial charge in [0, 0.05) is 31.0 Å². The van der Waals surface area contributed by atoms with Crippen LogP contribution in [-0.4, -0.2) is 26.2 Å². The zero-order valence-electron chi connectivity index (χ0n) is 15.0. The molecule has 3 rings (SSSR count). The maximum atomic E-state index is 6.10. The van der Waals surface area contributed by atoms with E-state index in [1.54, 1.807) is 11.3 Å². The molecule has 5 heteroatoms. The first-order valence-electron chi connectivity index (χ1n) is 8.91. The number of hydrogen-bond donors (Lipinski definition) is 2. The van der Waals surface area contributed by atoms with Crippen molar-refractivity contribution in [3.05, 3.63) is 57.8 Å². The van der Waals surface area contributed by atoms with E-state index in [4.69, 9.17) is 4.74 Å². The van der Waals surface area contributed by atoms with E-state index in [1.807, 2.05) is 7.05 Å². The molecule has 1 aliphatic rings. The first-order chi connectivity index (χ1) is 12.3. The smallest absolute Gasteiger partial charge is 0.191 e. The Labute approximate surface area is 154 Å². The van der Waals surface area contributed by atoms with Crippen LogP contribution in [0.1, 0.15) is 34.9 Å². The maximum absolute atomic E-state index is 6.10. The molecule has 0 amide bonds. The summed E-state index contributed by atoms with van der Waals surface area (Å²) in [5.41, 5.74) is 2.56. The molecule has 25 heavy (non-hydrogen) atoms. The van der Waals surface area contributed by atoms with E-state index in [2.05, 4.69) is 64.3 Å². The van der Waals surface area contributed by atoms with Gasteiger partial charge in [0.2, 0.25) is 0 Å². The van der Waals surface area contributed by atoms with Gasteiger partial charge in [0.1, 0.15) is 0 Å². The summed E-state index contributed by atoms with van der Waals surface area (Å²) < 4.78 is 6.10. The van der Waals surface area contributed by atoms with Crippen molar-refractivity contribution >= 4 is 17.3 Å². The second-order valence-corrected chi connectivity index (χ2v) is 7.52. The lowest BCUT2D eigenvalue weighted by Gasteiger charge is -2.32. The summed E-state index contributed by atoms with van der Waals surface area (Å²) in [5.74, 6) is 1.30. The highest BCUT2D eigenvalue weighted by Crippen LogP contribution is 2.33. The van der Waals surface area contributed by atoms with E-state index in [-0.39, 0.29) is 6.10 Å². The van der Waals surface area contributed by atoms with Crippen molar-refractivity contribution in [2.45, 2.75) is 32.4 Å². The number of aliphatic imine (C=N–C) groups is 1. The van der Waals surface area contributed by atoms with E-state index >= 15 is 0 Å². The minimum absolute atomic E-state index is 0.164. The van der Waals surface area contributed by atoms with Crippen LogP contribution in [0, 0.1) is 12.8 Å². The number of guanidine groups is 1. The molecular weight excluding hydrogens is 330 g/mol. The average Bonchev–Trinajstić information content (AvgIpc) is 3.16. The molecule has 4 nitrogen and oxygen atoms in total. The monoisotopic (exact) mass is 357 g/mol. The molecule has 2 unspecified atom stereocenters. The fourth-order valence-electron chi connectivity index (χ4n) is 3.21. The normalized spacial score (nSPS) is 21.1. The van der Waals surface area contributed by atoms with E-state index < -0.39 is 0 Å². The van der Waals surface area contributed by atoms with Crippen LogP contribution in [0.25, 0.3) is 0 Å². The van der Waals surface area contributed by atoms with Crippen molar-refractivity contribution in [2.75, 3.05) is 20.2 Å². The Morgan fingerprint density at radius 1 is 1.24 bits per heavy atom. The van der Waals surface area contributed by atoms with Crippen molar-refractivity contribution in [3.8, 4) is 0 Å². The van der Waals surface area contributed by atoms with Gasteiger partial charge < -0.3 is 15.4 Å². The molecule has 0 aliphatic carbocycles. The molecule has 1 saturated heterocycles. The summed E-state index contributed by atoms with van der Waals surface area (Å²) in [4.78, 5) is 5.65. The Hall–Kier alpha value is -1.85. The number of thiophene rings is 1. The van der Waals surface area contributed by atoms with Crippen molar-refractivity contribution < 1.29 is 4.74 Å². The maximum Gasteiger partial charge on any atom is 0.191 e. The molecule has 2 atom stereocenters. The largest absolute Gasteiger partial charge is 0.373 e. The van der Waals surface area contributed by atoms with Gasteiger partial charge in [-0.3, -0.25) is 4.99 Å². The van der Waals surface area contributed by atoms with E-state index in [9.17, 15) is 0 Å². The molecular formula is C20H27N3OS. The summed E-state index contributed by atoms with van der Waals surface area (Å²) in [7, 11) is 1.82. The average molecular weight is 358 g/mol. The SMILES string of the molecule is CN=C(NCc1cccs1)NCC1CCCOC1c1ccc(C)cc1. The molecule has 0 saturated carbocycles. The lowest BCUT2D eigenvalue weighted by molar-refractivity contribution is -0.0265. The van der Waals surface area contributed by atoms with Crippen LogP contribution in [0.4, 0.5) is 0 Å². The van der Waals surface area contributed by atoms with Gasteiger partial charge in [-0.1, -0.05) is 35.9 Å².